The minimum Gasteiger partial charge on any atom is -0.423 e. The van der Waals surface area contributed by atoms with E-state index in [1.54, 1.807) is 0 Å². The molecule has 96 valence electrons. The van der Waals surface area contributed by atoms with Crippen molar-refractivity contribution in [2.24, 2.45) is 0 Å². The van der Waals surface area contributed by atoms with E-state index in [2.05, 4.69) is 20.4 Å². The number of hydrogen-bond donors (Lipinski definition) is 0. The van der Waals surface area contributed by atoms with Crippen molar-refractivity contribution in [2.75, 3.05) is 0 Å². The lowest BCUT2D eigenvalue weighted by Crippen LogP contribution is -1.87. The van der Waals surface area contributed by atoms with Gasteiger partial charge in [0, 0.05) is 16.5 Å². The van der Waals surface area contributed by atoms with Crippen LogP contribution in [-0.2, 0) is 0 Å². The number of rotatable bonds is 2. The molecule has 0 aliphatic rings. The summed E-state index contributed by atoms with van der Waals surface area (Å²) >= 11 is 0. The van der Waals surface area contributed by atoms with Crippen LogP contribution in [0.4, 0.5) is 0 Å². The van der Waals surface area contributed by atoms with E-state index in [-0.39, 0.29) is 0 Å². The van der Waals surface area contributed by atoms with Gasteiger partial charge in [-0.25, -0.2) is 0 Å². The Morgan fingerprint density at radius 3 is 1.70 bits per heavy atom. The third-order valence-electron chi connectivity index (χ3n) is 3.09. The summed E-state index contributed by atoms with van der Waals surface area (Å²) in [6.07, 6.45) is 2.62. The van der Waals surface area contributed by atoms with Crippen LogP contribution in [0.3, 0.4) is 0 Å². The lowest BCUT2D eigenvalue weighted by molar-refractivity contribution is 0.568. The van der Waals surface area contributed by atoms with Gasteiger partial charge in [-0.1, -0.05) is 24.3 Å². The highest BCUT2D eigenvalue weighted by molar-refractivity contribution is 6.03. The number of benzene rings is 2. The van der Waals surface area contributed by atoms with Crippen molar-refractivity contribution in [1.82, 2.24) is 20.4 Å². The number of fused-ring (bicyclic) bond motifs is 1. The molecule has 0 spiro atoms. The van der Waals surface area contributed by atoms with Gasteiger partial charge in [-0.15, -0.1) is 20.4 Å². The van der Waals surface area contributed by atoms with Crippen LogP contribution in [0.5, 0.6) is 0 Å². The Hall–Kier alpha value is -3.02. The summed E-state index contributed by atoms with van der Waals surface area (Å²) in [5.74, 6) is 0.921. The molecule has 0 saturated heterocycles. The summed E-state index contributed by atoms with van der Waals surface area (Å²) in [6.45, 7) is 0. The van der Waals surface area contributed by atoms with E-state index in [0.717, 1.165) is 21.9 Å². The van der Waals surface area contributed by atoms with Gasteiger partial charge in [-0.3, -0.25) is 0 Å². The molecule has 0 amide bonds. The predicted octanol–water partition coefficient (Wildman–Crippen LogP) is 2.94. The van der Waals surface area contributed by atoms with E-state index in [9.17, 15) is 0 Å². The topological polar surface area (TPSA) is 77.8 Å². The highest BCUT2D eigenvalue weighted by atomic mass is 16.4. The second-order valence-corrected chi connectivity index (χ2v) is 4.20. The van der Waals surface area contributed by atoms with Crippen LogP contribution in [-0.4, -0.2) is 20.4 Å². The first-order valence-corrected chi connectivity index (χ1v) is 5.98. The van der Waals surface area contributed by atoms with Gasteiger partial charge in [0.15, 0.2) is 0 Å². The van der Waals surface area contributed by atoms with Crippen LogP contribution in [0.1, 0.15) is 0 Å². The first-order chi connectivity index (χ1) is 9.93. The Morgan fingerprint density at radius 1 is 0.700 bits per heavy atom. The molecule has 0 bridgehead atoms. The molecule has 0 aliphatic carbocycles. The predicted molar refractivity (Wildman–Crippen MR) is 70.5 cm³/mol. The molecule has 0 fully saturated rings. The maximum absolute atomic E-state index is 5.31. The largest absolute Gasteiger partial charge is 0.423 e. The average molecular weight is 264 g/mol. The first-order valence-electron chi connectivity index (χ1n) is 5.98. The zero-order valence-corrected chi connectivity index (χ0v) is 10.2. The summed E-state index contributed by atoms with van der Waals surface area (Å²) in [5, 5.41) is 17.4. The number of aromatic nitrogens is 4. The van der Waals surface area contributed by atoms with Gasteiger partial charge < -0.3 is 8.83 Å². The number of hydrogen-bond acceptors (Lipinski definition) is 6. The van der Waals surface area contributed by atoms with Crippen LogP contribution < -0.4 is 0 Å². The second-order valence-electron chi connectivity index (χ2n) is 4.20. The zero-order valence-electron chi connectivity index (χ0n) is 10.2. The Kier molecular flexibility index (Phi) is 2.32. The molecule has 6 heteroatoms. The molecular weight excluding hydrogens is 256 g/mol. The van der Waals surface area contributed by atoms with E-state index < -0.39 is 0 Å². The van der Waals surface area contributed by atoms with Gasteiger partial charge >= 0.3 is 0 Å². The van der Waals surface area contributed by atoms with Gasteiger partial charge in [0.05, 0.1) is 0 Å². The summed E-state index contributed by atoms with van der Waals surface area (Å²) in [7, 11) is 0. The molecule has 0 saturated carbocycles. The van der Waals surface area contributed by atoms with E-state index in [4.69, 9.17) is 8.83 Å². The minimum absolute atomic E-state index is 0.461. The molecule has 6 nitrogen and oxygen atoms in total. The van der Waals surface area contributed by atoms with Gasteiger partial charge in [-0.05, 0) is 17.5 Å². The monoisotopic (exact) mass is 264 g/mol. The first kappa shape index (κ1) is 10.9. The molecule has 2 heterocycles. The van der Waals surface area contributed by atoms with Crippen LogP contribution in [0, 0.1) is 0 Å². The fourth-order valence-electron chi connectivity index (χ4n) is 2.28. The maximum atomic E-state index is 5.31. The normalized spacial score (nSPS) is 11.0. The lowest BCUT2D eigenvalue weighted by atomic mass is 9.99. The lowest BCUT2D eigenvalue weighted by Gasteiger charge is -2.06. The molecule has 2 aromatic heterocycles. The maximum Gasteiger partial charge on any atom is 0.248 e. The molecule has 2 aromatic carbocycles. The van der Waals surface area contributed by atoms with Crippen LogP contribution in [0.2, 0.25) is 0 Å². The van der Waals surface area contributed by atoms with E-state index in [1.165, 1.54) is 12.8 Å². The molecule has 0 radical (unpaired) electrons. The fourth-order valence-corrected chi connectivity index (χ4v) is 2.28. The molecule has 4 aromatic rings. The van der Waals surface area contributed by atoms with Crippen LogP contribution in [0.15, 0.2) is 58.0 Å². The van der Waals surface area contributed by atoms with Crippen molar-refractivity contribution >= 4 is 10.8 Å². The van der Waals surface area contributed by atoms with Crippen LogP contribution in [0.25, 0.3) is 33.7 Å². The summed E-state index contributed by atoms with van der Waals surface area (Å²) in [6, 6.07) is 11.8. The molecule has 0 N–H and O–H groups in total. The molecule has 4 rings (SSSR count). The van der Waals surface area contributed by atoms with Crippen molar-refractivity contribution < 1.29 is 8.83 Å². The Morgan fingerprint density at radius 2 is 1.25 bits per heavy atom. The highest BCUT2D eigenvalue weighted by Gasteiger charge is 2.15. The molecule has 0 atom stereocenters. The fraction of sp³-hybridized carbons (Fsp3) is 0. The van der Waals surface area contributed by atoms with Crippen molar-refractivity contribution in [3.8, 4) is 22.9 Å². The van der Waals surface area contributed by atoms with Crippen molar-refractivity contribution in [2.45, 2.75) is 0 Å². The van der Waals surface area contributed by atoms with Crippen molar-refractivity contribution in [3.05, 3.63) is 49.2 Å². The van der Waals surface area contributed by atoms with Gasteiger partial charge in [0.2, 0.25) is 24.6 Å². The summed E-state index contributed by atoms with van der Waals surface area (Å²) in [4.78, 5) is 0. The van der Waals surface area contributed by atoms with E-state index >= 15 is 0 Å². The third-order valence-corrected chi connectivity index (χ3v) is 3.09. The Balaban J connectivity index is 2.11. The number of nitrogens with zero attached hydrogens (tertiary/aromatic N) is 4. The smallest absolute Gasteiger partial charge is 0.248 e. The van der Waals surface area contributed by atoms with Crippen molar-refractivity contribution in [3.63, 3.8) is 0 Å². The Labute approximate surface area is 113 Å². The highest BCUT2D eigenvalue weighted by Crippen LogP contribution is 2.34. The second kappa shape index (κ2) is 4.27. The van der Waals surface area contributed by atoms with Gasteiger partial charge in [0.1, 0.15) is 0 Å². The van der Waals surface area contributed by atoms with E-state index in [0.29, 0.717) is 11.8 Å². The standard InChI is InChI=1S/C14H8N4O2/c1-3-9-4-2-6-11(14-18-16-8-20-14)12(9)10(5-1)13-17-15-7-19-13/h1-8H. The molecule has 0 unspecified atom stereocenters. The average Bonchev–Trinajstić information content (AvgIpc) is 3.19. The zero-order chi connectivity index (χ0) is 13.4. The molecule has 20 heavy (non-hydrogen) atoms. The van der Waals surface area contributed by atoms with Gasteiger partial charge in [-0.2, -0.15) is 0 Å². The van der Waals surface area contributed by atoms with Crippen molar-refractivity contribution in [1.29, 1.82) is 0 Å². The molecule has 0 aliphatic heterocycles. The Bertz CT molecular complexity index is 785. The van der Waals surface area contributed by atoms with Crippen LogP contribution >= 0.6 is 0 Å². The summed E-state index contributed by atoms with van der Waals surface area (Å²) < 4.78 is 10.6. The quantitative estimate of drug-likeness (QED) is 0.554. The van der Waals surface area contributed by atoms with Gasteiger partial charge in [0.25, 0.3) is 0 Å². The SMILES string of the molecule is c1cc(-c2nnco2)c2c(-c3nnco3)cccc2c1. The minimum atomic E-state index is 0.461. The third kappa shape index (κ3) is 1.58. The summed E-state index contributed by atoms with van der Waals surface area (Å²) in [5.41, 5.74) is 1.68. The van der Waals surface area contributed by atoms with E-state index in [1.807, 2.05) is 36.4 Å². The molecular formula is C14H8N4O2.